The number of para-hydroxylation sites is 1. The summed E-state index contributed by atoms with van der Waals surface area (Å²) >= 11 is 6.07. The Kier molecular flexibility index (Phi) is 7.22. The van der Waals surface area contributed by atoms with Crippen LogP contribution in [0.25, 0.3) is 0 Å². The van der Waals surface area contributed by atoms with Crippen LogP contribution in [0.1, 0.15) is 54.2 Å². The highest BCUT2D eigenvalue weighted by molar-refractivity contribution is 6.30. The number of fused-ring (bicyclic) bond motifs is 1. The standard InChI is InChI=1S/C28H27ClN2O4/c1-18-17-26(31(19(2)32)23-14-12-22(29)13-15-23)24-5-3-4-6-25(24)30(18)28(35)21-10-7-20(8-11-21)9-16-27(33)34/h3-8,10-15,18,26H,9,16-17H2,1-2H3,(H,33,34). The molecule has 1 aliphatic rings. The van der Waals surface area contributed by atoms with Crippen molar-refractivity contribution >= 4 is 40.8 Å². The minimum atomic E-state index is -0.850. The SMILES string of the molecule is CC(=O)N(c1ccc(Cl)cc1)C1CC(C)N(C(=O)c2ccc(CCC(=O)O)cc2)c2ccccc21. The second kappa shape index (κ2) is 10.3. The summed E-state index contributed by atoms with van der Waals surface area (Å²) in [5, 5.41) is 9.50. The molecule has 1 aliphatic heterocycles. The number of nitrogens with zero attached hydrogens (tertiary/aromatic N) is 2. The zero-order chi connectivity index (χ0) is 25.1. The van der Waals surface area contributed by atoms with Crippen LogP contribution in [0, 0.1) is 0 Å². The lowest BCUT2D eigenvalue weighted by molar-refractivity contribution is -0.137. The smallest absolute Gasteiger partial charge is 0.303 e. The highest BCUT2D eigenvalue weighted by Crippen LogP contribution is 2.42. The van der Waals surface area contributed by atoms with Crippen LogP contribution in [0.5, 0.6) is 0 Å². The molecule has 1 N–H and O–H groups in total. The fourth-order valence-corrected chi connectivity index (χ4v) is 4.85. The van der Waals surface area contributed by atoms with Gasteiger partial charge in [-0.2, -0.15) is 0 Å². The first kappa shape index (κ1) is 24.5. The van der Waals surface area contributed by atoms with Crippen LogP contribution in [0.3, 0.4) is 0 Å². The number of aliphatic carboxylic acids is 1. The molecule has 3 aromatic carbocycles. The van der Waals surface area contributed by atoms with Gasteiger partial charge >= 0.3 is 5.97 Å². The van der Waals surface area contributed by atoms with E-state index in [1.54, 1.807) is 53.1 Å². The van der Waals surface area contributed by atoms with Gasteiger partial charge in [0.2, 0.25) is 5.91 Å². The number of carboxylic acids is 1. The molecule has 7 heteroatoms. The molecule has 180 valence electrons. The number of anilines is 2. The van der Waals surface area contributed by atoms with E-state index >= 15 is 0 Å². The fraction of sp³-hybridized carbons (Fsp3) is 0.250. The number of carbonyl (C=O) groups excluding carboxylic acids is 2. The van der Waals surface area contributed by atoms with Crippen LogP contribution in [0.2, 0.25) is 5.02 Å². The van der Waals surface area contributed by atoms with Gasteiger partial charge in [0, 0.05) is 41.3 Å². The lowest BCUT2D eigenvalue weighted by Gasteiger charge is -2.43. The fourth-order valence-electron chi connectivity index (χ4n) is 4.72. The molecule has 0 aliphatic carbocycles. The van der Waals surface area contributed by atoms with Gasteiger partial charge in [0.1, 0.15) is 0 Å². The van der Waals surface area contributed by atoms with Crippen molar-refractivity contribution in [3.8, 4) is 0 Å². The molecule has 2 atom stereocenters. The number of halogens is 1. The summed E-state index contributed by atoms with van der Waals surface area (Å²) in [5.41, 5.74) is 3.84. The van der Waals surface area contributed by atoms with Crippen molar-refractivity contribution in [1.82, 2.24) is 0 Å². The highest BCUT2D eigenvalue weighted by Gasteiger charge is 2.38. The summed E-state index contributed by atoms with van der Waals surface area (Å²) in [6.45, 7) is 3.54. The second-order valence-corrected chi connectivity index (χ2v) is 9.23. The highest BCUT2D eigenvalue weighted by atomic mass is 35.5. The molecule has 0 saturated heterocycles. The molecule has 6 nitrogen and oxygen atoms in total. The van der Waals surface area contributed by atoms with Crippen molar-refractivity contribution in [3.05, 3.63) is 94.5 Å². The number of rotatable bonds is 6. The van der Waals surface area contributed by atoms with E-state index in [9.17, 15) is 14.4 Å². The Morgan fingerprint density at radius 3 is 2.29 bits per heavy atom. The molecule has 3 aromatic rings. The molecule has 0 fully saturated rings. The molecule has 0 saturated carbocycles. The average molecular weight is 491 g/mol. The van der Waals surface area contributed by atoms with Gasteiger partial charge in [-0.3, -0.25) is 14.4 Å². The van der Waals surface area contributed by atoms with Crippen LogP contribution >= 0.6 is 11.6 Å². The largest absolute Gasteiger partial charge is 0.481 e. The molecule has 4 rings (SSSR count). The summed E-state index contributed by atoms with van der Waals surface area (Å²) < 4.78 is 0. The van der Waals surface area contributed by atoms with Gasteiger partial charge in [-0.15, -0.1) is 0 Å². The predicted molar refractivity (Wildman–Crippen MR) is 137 cm³/mol. The van der Waals surface area contributed by atoms with Gasteiger partial charge in [-0.05, 0) is 73.4 Å². The van der Waals surface area contributed by atoms with Crippen LogP contribution in [-0.2, 0) is 16.0 Å². The van der Waals surface area contributed by atoms with Crippen molar-refractivity contribution in [1.29, 1.82) is 0 Å². The summed E-state index contributed by atoms with van der Waals surface area (Å²) in [5.74, 6) is -1.07. The normalized spacial score (nSPS) is 16.9. The number of aryl methyl sites for hydroxylation is 1. The van der Waals surface area contributed by atoms with Gasteiger partial charge in [-0.25, -0.2) is 0 Å². The predicted octanol–water partition coefficient (Wildman–Crippen LogP) is 5.89. The van der Waals surface area contributed by atoms with Gasteiger partial charge in [0.25, 0.3) is 5.91 Å². The maximum absolute atomic E-state index is 13.6. The summed E-state index contributed by atoms with van der Waals surface area (Å²) in [4.78, 5) is 40.8. The number of hydrogen-bond donors (Lipinski definition) is 1. The zero-order valence-electron chi connectivity index (χ0n) is 19.6. The molecule has 0 radical (unpaired) electrons. The second-order valence-electron chi connectivity index (χ2n) is 8.79. The average Bonchev–Trinajstić information content (AvgIpc) is 2.84. The lowest BCUT2D eigenvalue weighted by Crippen LogP contribution is -2.47. The maximum Gasteiger partial charge on any atom is 0.303 e. The quantitative estimate of drug-likeness (QED) is 0.467. The van der Waals surface area contributed by atoms with Crippen molar-refractivity contribution < 1.29 is 19.5 Å². The minimum absolute atomic E-state index is 0.0471. The van der Waals surface area contributed by atoms with Gasteiger partial charge < -0.3 is 14.9 Å². The third-order valence-electron chi connectivity index (χ3n) is 6.36. The van der Waals surface area contributed by atoms with Gasteiger partial charge in [0.15, 0.2) is 0 Å². The molecule has 0 aromatic heterocycles. The van der Waals surface area contributed by atoms with E-state index in [-0.39, 0.29) is 30.3 Å². The molecule has 2 unspecified atom stereocenters. The third-order valence-corrected chi connectivity index (χ3v) is 6.62. The minimum Gasteiger partial charge on any atom is -0.481 e. The first-order valence-corrected chi connectivity index (χ1v) is 11.9. The van der Waals surface area contributed by atoms with E-state index in [1.165, 1.54) is 0 Å². The molecule has 1 heterocycles. The lowest BCUT2D eigenvalue weighted by atomic mass is 9.89. The third kappa shape index (κ3) is 5.23. The van der Waals surface area contributed by atoms with E-state index in [2.05, 4.69) is 0 Å². The van der Waals surface area contributed by atoms with Crippen molar-refractivity contribution in [2.45, 2.75) is 45.2 Å². The molecule has 2 amide bonds. The number of carboxylic acid groups (broad SMARTS) is 1. The monoisotopic (exact) mass is 490 g/mol. The Labute approximate surface area is 209 Å². The Morgan fingerprint density at radius 2 is 1.66 bits per heavy atom. The zero-order valence-corrected chi connectivity index (χ0v) is 20.4. The number of hydrogen-bond acceptors (Lipinski definition) is 3. The maximum atomic E-state index is 13.6. The summed E-state index contributed by atoms with van der Waals surface area (Å²) in [6.07, 6.45) is 1.03. The van der Waals surface area contributed by atoms with Crippen LogP contribution in [0.15, 0.2) is 72.8 Å². The van der Waals surface area contributed by atoms with Crippen molar-refractivity contribution in [2.24, 2.45) is 0 Å². The van der Waals surface area contributed by atoms with Crippen LogP contribution in [0.4, 0.5) is 11.4 Å². The van der Waals surface area contributed by atoms with Crippen LogP contribution < -0.4 is 9.80 Å². The van der Waals surface area contributed by atoms with E-state index < -0.39 is 5.97 Å². The number of amides is 2. The molecular formula is C28H27ClN2O4. The molecule has 0 spiro atoms. The van der Waals surface area contributed by atoms with E-state index in [4.69, 9.17) is 16.7 Å². The van der Waals surface area contributed by atoms with Gasteiger partial charge in [-0.1, -0.05) is 41.9 Å². The summed E-state index contributed by atoms with van der Waals surface area (Å²) in [6, 6.07) is 21.6. The first-order chi connectivity index (χ1) is 16.8. The number of carbonyl (C=O) groups is 3. The van der Waals surface area contributed by atoms with E-state index in [0.29, 0.717) is 23.4 Å². The van der Waals surface area contributed by atoms with Crippen molar-refractivity contribution in [3.63, 3.8) is 0 Å². The Bertz CT molecular complexity index is 1240. The molecule has 0 bridgehead atoms. The van der Waals surface area contributed by atoms with E-state index in [0.717, 1.165) is 22.5 Å². The Hall–Kier alpha value is -3.64. The van der Waals surface area contributed by atoms with Crippen molar-refractivity contribution in [2.75, 3.05) is 9.80 Å². The van der Waals surface area contributed by atoms with E-state index in [1.807, 2.05) is 43.3 Å². The number of benzene rings is 3. The molecular weight excluding hydrogens is 464 g/mol. The Balaban J connectivity index is 1.67. The summed E-state index contributed by atoms with van der Waals surface area (Å²) in [7, 11) is 0. The Morgan fingerprint density at radius 1 is 1.00 bits per heavy atom. The van der Waals surface area contributed by atoms with Gasteiger partial charge in [0.05, 0.1) is 6.04 Å². The molecule has 35 heavy (non-hydrogen) atoms. The first-order valence-electron chi connectivity index (χ1n) is 11.5. The topological polar surface area (TPSA) is 77.9 Å². The van der Waals surface area contributed by atoms with Crippen LogP contribution in [-0.4, -0.2) is 28.9 Å².